The van der Waals surface area contributed by atoms with E-state index in [1.54, 1.807) is 0 Å². The Hall–Kier alpha value is -0.690. The van der Waals surface area contributed by atoms with Gasteiger partial charge in [-0.15, -0.1) is 0 Å². The van der Waals surface area contributed by atoms with E-state index in [1.807, 2.05) is 4.90 Å². The largest absolute Gasteiger partial charge is 0.378 e. The molecular formula is C19H37N3O3. The molecule has 6 nitrogen and oxygen atoms in total. The highest BCUT2D eigenvalue weighted by atomic mass is 16.5. The molecule has 146 valence electrons. The number of hydrogen-bond acceptors (Lipinski definition) is 5. The first-order chi connectivity index (χ1) is 11.9. The van der Waals surface area contributed by atoms with Gasteiger partial charge < -0.3 is 20.1 Å². The van der Waals surface area contributed by atoms with Gasteiger partial charge in [0.25, 0.3) is 0 Å². The minimum absolute atomic E-state index is 0.0523. The van der Waals surface area contributed by atoms with Gasteiger partial charge in [0.1, 0.15) is 0 Å². The molecule has 0 saturated carbocycles. The van der Waals surface area contributed by atoms with Crippen LogP contribution in [0.3, 0.4) is 0 Å². The summed E-state index contributed by atoms with van der Waals surface area (Å²) in [5.41, 5.74) is 5.51. The van der Waals surface area contributed by atoms with Crippen molar-refractivity contribution in [1.82, 2.24) is 9.80 Å². The van der Waals surface area contributed by atoms with Crippen LogP contribution >= 0.6 is 0 Å². The molecule has 2 N–H and O–H groups in total. The molecular weight excluding hydrogens is 318 g/mol. The molecule has 0 bridgehead atoms. The van der Waals surface area contributed by atoms with Crippen molar-refractivity contribution in [2.45, 2.75) is 71.3 Å². The van der Waals surface area contributed by atoms with Crippen LogP contribution in [0.2, 0.25) is 0 Å². The number of ether oxygens (including phenoxy) is 2. The van der Waals surface area contributed by atoms with Crippen molar-refractivity contribution in [2.24, 2.45) is 11.7 Å². The van der Waals surface area contributed by atoms with Gasteiger partial charge >= 0.3 is 0 Å². The lowest BCUT2D eigenvalue weighted by Gasteiger charge is -2.43. The normalized spacial score (nSPS) is 27.7. The lowest BCUT2D eigenvalue weighted by Crippen LogP contribution is -2.58. The van der Waals surface area contributed by atoms with Crippen molar-refractivity contribution in [3.63, 3.8) is 0 Å². The fourth-order valence-electron chi connectivity index (χ4n) is 4.07. The van der Waals surface area contributed by atoms with Gasteiger partial charge in [-0.25, -0.2) is 0 Å². The standard InChI is InChI=1S/C19H37N3O3/c1-14(2)18(22-12-15(3)25-16(4)13-22)19(23)21-9-6-17(7-10-21)24-11-5-8-20/h14-18H,5-13,20H2,1-4H3. The summed E-state index contributed by atoms with van der Waals surface area (Å²) in [6.45, 7) is 13.1. The molecule has 2 heterocycles. The fraction of sp³-hybridized carbons (Fsp3) is 0.947. The summed E-state index contributed by atoms with van der Waals surface area (Å²) in [5, 5.41) is 0. The van der Waals surface area contributed by atoms with Crippen molar-refractivity contribution >= 4 is 5.91 Å². The second-order valence-corrected chi connectivity index (χ2v) is 7.94. The molecule has 0 aliphatic carbocycles. The van der Waals surface area contributed by atoms with Gasteiger partial charge in [-0.2, -0.15) is 0 Å². The smallest absolute Gasteiger partial charge is 0.240 e. The van der Waals surface area contributed by atoms with Crippen LogP contribution < -0.4 is 5.73 Å². The maximum absolute atomic E-state index is 13.2. The second kappa shape index (κ2) is 9.86. The Morgan fingerprint density at radius 2 is 1.80 bits per heavy atom. The Balaban J connectivity index is 1.90. The van der Waals surface area contributed by atoms with E-state index in [9.17, 15) is 4.79 Å². The molecule has 2 rings (SSSR count). The monoisotopic (exact) mass is 355 g/mol. The zero-order valence-electron chi connectivity index (χ0n) is 16.4. The van der Waals surface area contributed by atoms with Gasteiger partial charge in [-0.1, -0.05) is 13.8 Å². The Kier molecular flexibility index (Phi) is 8.13. The summed E-state index contributed by atoms with van der Waals surface area (Å²) in [5.74, 6) is 0.570. The number of nitrogens with two attached hydrogens (primary N) is 1. The van der Waals surface area contributed by atoms with Gasteiger partial charge in [-0.3, -0.25) is 9.69 Å². The highest BCUT2D eigenvalue weighted by Crippen LogP contribution is 2.22. The number of likely N-dealkylation sites (tertiary alicyclic amines) is 1. The number of hydrogen-bond donors (Lipinski definition) is 1. The second-order valence-electron chi connectivity index (χ2n) is 7.94. The lowest BCUT2D eigenvalue weighted by molar-refractivity contribution is -0.147. The molecule has 3 atom stereocenters. The lowest BCUT2D eigenvalue weighted by atomic mass is 9.97. The topological polar surface area (TPSA) is 68.0 Å². The first-order valence-corrected chi connectivity index (χ1v) is 9.92. The first-order valence-electron chi connectivity index (χ1n) is 9.92. The van der Waals surface area contributed by atoms with E-state index in [0.717, 1.165) is 52.0 Å². The molecule has 0 aromatic rings. The SMILES string of the molecule is CC1CN(C(C(=O)N2CCC(OCCCN)CC2)C(C)C)CC(C)O1. The van der Waals surface area contributed by atoms with E-state index in [1.165, 1.54) is 0 Å². The summed E-state index contributed by atoms with van der Waals surface area (Å²) < 4.78 is 11.7. The molecule has 2 aliphatic rings. The van der Waals surface area contributed by atoms with E-state index in [2.05, 4.69) is 32.6 Å². The van der Waals surface area contributed by atoms with Crippen LogP contribution in [0.1, 0.15) is 47.0 Å². The van der Waals surface area contributed by atoms with Gasteiger partial charge in [0.2, 0.25) is 5.91 Å². The Labute approximate surface area is 153 Å². The molecule has 1 amide bonds. The van der Waals surface area contributed by atoms with Crippen molar-refractivity contribution < 1.29 is 14.3 Å². The summed E-state index contributed by atoms with van der Waals surface area (Å²) in [4.78, 5) is 17.6. The molecule has 25 heavy (non-hydrogen) atoms. The predicted molar refractivity (Wildman–Crippen MR) is 99.4 cm³/mol. The van der Waals surface area contributed by atoms with Crippen LogP contribution in [0.15, 0.2) is 0 Å². The molecule has 2 fully saturated rings. The van der Waals surface area contributed by atoms with Crippen molar-refractivity contribution in [1.29, 1.82) is 0 Å². The zero-order chi connectivity index (χ0) is 18.4. The number of piperidine rings is 1. The van der Waals surface area contributed by atoms with E-state index >= 15 is 0 Å². The van der Waals surface area contributed by atoms with Gasteiger partial charge in [0.15, 0.2) is 0 Å². The zero-order valence-corrected chi connectivity index (χ0v) is 16.4. The Morgan fingerprint density at radius 1 is 1.20 bits per heavy atom. The third kappa shape index (κ3) is 5.91. The molecule has 3 unspecified atom stereocenters. The van der Waals surface area contributed by atoms with Crippen LogP contribution in [-0.2, 0) is 14.3 Å². The quantitative estimate of drug-likeness (QED) is 0.701. The van der Waals surface area contributed by atoms with Gasteiger partial charge in [-0.05, 0) is 45.6 Å². The minimum atomic E-state index is -0.0523. The van der Waals surface area contributed by atoms with E-state index in [0.29, 0.717) is 12.5 Å². The third-order valence-corrected chi connectivity index (χ3v) is 5.18. The van der Waals surface area contributed by atoms with Crippen LogP contribution in [0.4, 0.5) is 0 Å². The number of amides is 1. The highest BCUT2D eigenvalue weighted by Gasteiger charge is 2.37. The maximum Gasteiger partial charge on any atom is 0.240 e. The van der Waals surface area contributed by atoms with Crippen molar-refractivity contribution in [3.05, 3.63) is 0 Å². The van der Waals surface area contributed by atoms with Crippen LogP contribution in [0.5, 0.6) is 0 Å². The average Bonchev–Trinajstić information content (AvgIpc) is 2.54. The van der Waals surface area contributed by atoms with E-state index in [-0.39, 0.29) is 30.3 Å². The Bertz CT molecular complexity index is 401. The van der Waals surface area contributed by atoms with Crippen LogP contribution in [-0.4, -0.2) is 79.4 Å². The highest BCUT2D eigenvalue weighted by molar-refractivity contribution is 5.82. The molecule has 0 spiro atoms. The minimum Gasteiger partial charge on any atom is -0.378 e. The fourth-order valence-corrected chi connectivity index (χ4v) is 4.07. The predicted octanol–water partition coefficient (Wildman–Crippen LogP) is 1.48. The third-order valence-electron chi connectivity index (χ3n) is 5.18. The average molecular weight is 356 g/mol. The summed E-state index contributed by atoms with van der Waals surface area (Å²) in [6.07, 6.45) is 3.39. The number of morpholine rings is 1. The van der Waals surface area contributed by atoms with Crippen molar-refractivity contribution in [3.8, 4) is 0 Å². The molecule has 2 saturated heterocycles. The van der Waals surface area contributed by atoms with Crippen LogP contribution in [0.25, 0.3) is 0 Å². The summed E-state index contributed by atoms with van der Waals surface area (Å²) in [7, 11) is 0. The molecule has 6 heteroatoms. The summed E-state index contributed by atoms with van der Waals surface area (Å²) in [6, 6.07) is -0.0523. The van der Waals surface area contributed by atoms with Crippen LogP contribution in [0, 0.1) is 5.92 Å². The number of carbonyl (C=O) groups is 1. The van der Waals surface area contributed by atoms with Gasteiger partial charge in [0.05, 0.1) is 24.4 Å². The molecule has 0 radical (unpaired) electrons. The number of nitrogens with zero attached hydrogens (tertiary/aromatic N) is 2. The summed E-state index contributed by atoms with van der Waals surface area (Å²) >= 11 is 0. The van der Waals surface area contributed by atoms with E-state index < -0.39 is 0 Å². The molecule has 0 aromatic heterocycles. The number of rotatable bonds is 7. The first kappa shape index (κ1) is 20.6. The molecule has 2 aliphatic heterocycles. The Morgan fingerprint density at radius 3 is 2.32 bits per heavy atom. The maximum atomic E-state index is 13.2. The molecule has 0 aromatic carbocycles. The number of carbonyl (C=O) groups excluding carboxylic acids is 1. The van der Waals surface area contributed by atoms with Crippen molar-refractivity contribution in [2.75, 3.05) is 39.3 Å². The van der Waals surface area contributed by atoms with Gasteiger partial charge in [0, 0.05) is 32.8 Å². The van der Waals surface area contributed by atoms with E-state index in [4.69, 9.17) is 15.2 Å².